The molecule has 254 valence electrons. The number of aromatic nitrogens is 2. The largest absolute Gasteiger partial charge is 0.456 e. The second-order valence-corrected chi connectivity index (χ2v) is 13.4. The van der Waals surface area contributed by atoms with Crippen molar-refractivity contribution >= 4 is 49.8 Å². The zero-order valence-electron chi connectivity index (χ0n) is 29.3. The van der Waals surface area contributed by atoms with Gasteiger partial charge in [-0.3, -0.25) is 0 Å². The smallest absolute Gasteiger partial charge is 0.160 e. The van der Waals surface area contributed by atoms with Gasteiger partial charge in [-0.05, 0) is 82.6 Å². The van der Waals surface area contributed by atoms with Crippen LogP contribution in [0, 0.1) is 0 Å². The van der Waals surface area contributed by atoms with Crippen molar-refractivity contribution in [1.29, 1.82) is 0 Å². The van der Waals surface area contributed by atoms with E-state index in [4.69, 9.17) is 14.4 Å². The van der Waals surface area contributed by atoms with Gasteiger partial charge in [0.1, 0.15) is 11.2 Å². The number of rotatable bonds is 7. The molecule has 0 fully saturated rings. The fraction of sp³-hybridized carbons (Fsp3) is 0. The Hall–Kier alpha value is -7.30. The van der Waals surface area contributed by atoms with Crippen LogP contribution in [0.5, 0.6) is 0 Å². The van der Waals surface area contributed by atoms with Gasteiger partial charge in [-0.15, -0.1) is 0 Å². The van der Waals surface area contributed by atoms with E-state index in [1.54, 1.807) is 0 Å². The van der Waals surface area contributed by atoms with E-state index in [0.29, 0.717) is 5.82 Å². The van der Waals surface area contributed by atoms with Crippen LogP contribution in [0.25, 0.3) is 77.7 Å². The Morgan fingerprint density at radius 3 is 1.72 bits per heavy atom. The molecule has 0 amide bonds. The van der Waals surface area contributed by atoms with Crippen LogP contribution in [0.3, 0.4) is 0 Å². The summed E-state index contributed by atoms with van der Waals surface area (Å²) in [6.45, 7) is 0. The van der Waals surface area contributed by atoms with Crippen LogP contribution in [0.1, 0.15) is 0 Å². The minimum Gasteiger partial charge on any atom is -0.456 e. The van der Waals surface area contributed by atoms with Gasteiger partial charge < -0.3 is 9.32 Å². The summed E-state index contributed by atoms with van der Waals surface area (Å²) in [7, 11) is 0. The first kappa shape index (κ1) is 31.4. The normalized spacial score (nSPS) is 11.3. The zero-order chi connectivity index (χ0) is 35.8. The Bertz CT molecular complexity index is 2920. The molecule has 0 bridgehead atoms. The van der Waals surface area contributed by atoms with Crippen molar-refractivity contribution in [2.24, 2.45) is 0 Å². The lowest BCUT2D eigenvalue weighted by Gasteiger charge is -2.26. The molecule has 8 aromatic carbocycles. The lowest BCUT2D eigenvalue weighted by atomic mass is 10.0. The quantitative estimate of drug-likeness (QED) is 0.167. The molecule has 54 heavy (non-hydrogen) atoms. The molecule has 0 spiro atoms. The van der Waals surface area contributed by atoms with Gasteiger partial charge in [-0.25, -0.2) is 9.97 Å². The fourth-order valence-corrected chi connectivity index (χ4v) is 7.40. The van der Waals surface area contributed by atoms with Crippen molar-refractivity contribution in [2.75, 3.05) is 4.90 Å². The third-order valence-corrected chi connectivity index (χ3v) is 10.1. The number of hydrogen-bond acceptors (Lipinski definition) is 4. The van der Waals surface area contributed by atoms with Gasteiger partial charge in [0.25, 0.3) is 0 Å². The summed E-state index contributed by atoms with van der Waals surface area (Å²) in [5.74, 6) is 0.645. The molecule has 2 aromatic heterocycles. The maximum atomic E-state index is 6.65. The van der Waals surface area contributed by atoms with Crippen molar-refractivity contribution in [2.45, 2.75) is 0 Å². The molecule has 0 atom stereocenters. The first-order chi connectivity index (χ1) is 26.7. The van der Waals surface area contributed by atoms with Crippen LogP contribution in [-0.4, -0.2) is 9.97 Å². The van der Waals surface area contributed by atoms with E-state index in [1.807, 2.05) is 30.3 Å². The van der Waals surface area contributed by atoms with Gasteiger partial charge >= 0.3 is 0 Å². The Labute approximate surface area is 313 Å². The Morgan fingerprint density at radius 2 is 0.963 bits per heavy atom. The average molecular weight is 692 g/mol. The molecule has 10 aromatic rings. The highest BCUT2D eigenvalue weighted by atomic mass is 16.3. The molecule has 10 rings (SSSR count). The van der Waals surface area contributed by atoms with Crippen molar-refractivity contribution in [3.63, 3.8) is 0 Å². The molecule has 4 nitrogen and oxygen atoms in total. The highest BCUT2D eigenvalue weighted by Gasteiger charge is 2.20. The number of nitrogens with zero attached hydrogens (tertiary/aromatic N) is 3. The minimum absolute atomic E-state index is 0.645. The minimum atomic E-state index is 0.645. The maximum absolute atomic E-state index is 6.65. The first-order valence-corrected chi connectivity index (χ1v) is 18.2. The number of furan rings is 1. The molecule has 0 aliphatic carbocycles. The summed E-state index contributed by atoms with van der Waals surface area (Å²) >= 11 is 0. The predicted octanol–water partition coefficient (Wildman–Crippen LogP) is 13.7. The number of anilines is 3. The van der Waals surface area contributed by atoms with Crippen LogP contribution in [0.4, 0.5) is 17.1 Å². The summed E-state index contributed by atoms with van der Waals surface area (Å²) < 4.78 is 6.65. The number of benzene rings is 8. The summed E-state index contributed by atoms with van der Waals surface area (Å²) in [4.78, 5) is 12.6. The fourth-order valence-electron chi connectivity index (χ4n) is 7.40. The third-order valence-electron chi connectivity index (χ3n) is 10.1. The van der Waals surface area contributed by atoms with Crippen molar-refractivity contribution in [3.8, 4) is 45.0 Å². The molecule has 2 heterocycles. The summed E-state index contributed by atoms with van der Waals surface area (Å²) in [5.41, 5.74) is 11.8. The van der Waals surface area contributed by atoms with E-state index in [1.165, 1.54) is 21.9 Å². The molecule has 0 unspecified atom stereocenters. The van der Waals surface area contributed by atoms with Crippen LogP contribution in [0.2, 0.25) is 0 Å². The molecule has 0 saturated carbocycles. The van der Waals surface area contributed by atoms with Gasteiger partial charge in [-0.1, -0.05) is 140 Å². The summed E-state index contributed by atoms with van der Waals surface area (Å²) in [5, 5.41) is 4.45. The van der Waals surface area contributed by atoms with E-state index in [2.05, 4.69) is 175 Å². The monoisotopic (exact) mass is 691 g/mol. The number of fused-ring (bicyclic) bond motifs is 4. The molecule has 0 N–H and O–H groups in total. The Morgan fingerprint density at radius 1 is 0.370 bits per heavy atom. The van der Waals surface area contributed by atoms with Crippen molar-refractivity contribution < 1.29 is 4.42 Å². The Balaban J connectivity index is 1.11. The Kier molecular flexibility index (Phi) is 7.77. The molecule has 4 heteroatoms. The van der Waals surface area contributed by atoms with Crippen molar-refractivity contribution in [1.82, 2.24) is 9.97 Å². The molecule has 0 saturated heterocycles. The standard InChI is InChI=1S/C50H33N3O/c1-4-13-34(14-5-1)36-25-28-42(29-26-36)53(41-19-8-3-9-20-41)46-21-12-22-47-49(46)43-30-27-40(32-48(43)54-47)50-51-44(37-16-6-2-7-17-37)33-45(52-50)39-24-23-35-15-10-11-18-38(35)31-39/h1-33H. The predicted molar refractivity (Wildman–Crippen MR) is 223 cm³/mol. The first-order valence-electron chi connectivity index (χ1n) is 18.2. The van der Waals surface area contributed by atoms with Gasteiger partial charge in [0.05, 0.1) is 22.5 Å². The van der Waals surface area contributed by atoms with Crippen molar-refractivity contribution in [3.05, 3.63) is 200 Å². The molecule has 0 radical (unpaired) electrons. The SMILES string of the molecule is c1ccc(-c2ccc(N(c3ccccc3)c3cccc4oc5cc(-c6nc(-c7ccccc7)cc(-c7ccc8ccccc8c7)n6)ccc5c34)cc2)cc1. The lowest BCUT2D eigenvalue weighted by molar-refractivity contribution is 0.669. The van der Waals surface area contributed by atoms with Crippen LogP contribution >= 0.6 is 0 Å². The van der Waals surface area contributed by atoms with E-state index < -0.39 is 0 Å². The van der Waals surface area contributed by atoms with Crippen LogP contribution < -0.4 is 4.90 Å². The van der Waals surface area contributed by atoms with Gasteiger partial charge in [0.15, 0.2) is 5.82 Å². The van der Waals surface area contributed by atoms with Crippen LogP contribution in [0.15, 0.2) is 205 Å². The molecule has 0 aliphatic heterocycles. The molecule has 0 aliphatic rings. The van der Waals surface area contributed by atoms with Crippen LogP contribution in [-0.2, 0) is 0 Å². The maximum Gasteiger partial charge on any atom is 0.160 e. The number of hydrogen-bond donors (Lipinski definition) is 0. The van der Waals surface area contributed by atoms with E-state index >= 15 is 0 Å². The van der Waals surface area contributed by atoms with Gasteiger partial charge in [-0.2, -0.15) is 0 Å². The molecular formula is C50H33N3O. The highest BCUT2D eigenvalue weighted by molar-refractivity contribution is 6.14. The lowest BCUT2D eigenvalue weighted by Crippen LogP contribution is -2.10. The number of para-hydroxylation sites is 1. The van der Waals surface area contributed by atoms with E-state index in [9.17, 15) is 0 Å². The van der Waals surface area contributed by atoms with E-state index in [0.717, 1.165) is 67.1 Å². The van der Waals surface area contributed by atoms with Gasteiger partial charge in [0.2, 0.25) is 0 Å². The summed E-state index contributed by atoms with van der Waals surface area (Å²) in [6, 6.07) is 69.7. The second kappa shape index (κ2) is 13.4. The topological polar surface area (TPSA) is 42.2 Å². The summed E-state index contributed by atoms with van der Waals surface area (Å²) in [6.07, 6.45) is 0. The van der Waals surface area contributed by atoms with E-state index in [-0.39, 0.29) is 0 Å². The highest BCUT2D eigenvalue weighted by Crippen LogP contribution is 2.44. The zero-order valence-corrected chi connectivity index (χ0v) is 29.3. The third kappa shape index (κ3) is 5.76. The molecular weight excluding hydrogens is 659 g/mol. The average Bonchev–Trinajstić information content (AvgIpc) is 3.63. The second-order valence-electron chi connectivity index (χ2n) is 13.4. The van der Waals surface area contributed by atoms with Gasteiger partial charge in [0, 0.05) is 33.5 Å².